The Bertz CT molecular complexity index is 925. The summed E-state index contributed by atoms with van der Waals surface area (Å²) >= 11 is 0. The molecule has 116 valence electrons. The van der Waals surface area contributed by atoms with Crippen LogP contribution in [0.1, 0.15) is 36.3 Å². The highest BCUT2D eigenvalue weighted by Crippen LogP contribution is 2.38. The molecule has 5 heteroatoms. The third kappa shape index (κ3) is 2.11. The number of benzene rings is 1. The molecule has 0 bridgehead atoms. The van der Waals surface area contributed by atoms with Gasteiger partial charge in [0.05, 0.1) is 34.2 Å². The Morgan fingerprint density at radius 2 is 1.91 bits per heavy atom. The Labute approximate surface area is 134 Å². The van der Waals surface area contributed by atoms with Crippen LogP contribution in [0.4, 0.5) is 5.69 Å². The van der Waals surface area contributed by atoms with Gasteiger partial charge in [-0.3, -0.25) is 4.79 Å². The summed E-state index contributed by atoms with van der Waals surface area (Å²) in [7, 11) is 0. The standard InChI is InChI=1S/C18H18N4O/c1-18(2)8-13-15(14(23)9-18)16(19)12-10-20-22(17(12)21-13)11-6-4-3-5-7-11/h3-7,10H,8-9H2,1-2H3,(H2,19,21). The molecular formula is C18H18N4O. The lowest BCUT2D eigenvalue weighted by Gasteiger charge is -2.30. The molecule has 0 saturated carbocycles. The summed E-state index contributed by atoms with van der Waals surface area (Å²) in [6.07, 6.45) is 2.94. The molecule has 3 aromatic rings. The number of hydrogen-bond donors (Lipinski definition) is 1. The van der Waals surface area contributed by atoms with Crippen LogP contribution in [0.5, 0.6) is 0 Å². The molecule has 23 heavy (non-hydrogen) atoms. The summed E-state index contributed by atoms with van der Waals surface area (Å²) in [6.45, 7) is 4.18. The van der Waals surface area contributed by atoms with Crippen molar-refractivity contribution in [2.75, 3.05) is 5.73 Å². The number of nitrogens with zero attached hydrogens (tertiary/aromatic N) is 3. The van der Waals surface area contributed by atoms with Crippen molar-refractivity contribution in [2.24, 2.45) is 5.41 Å². The van der Waals surface area contributed by atoms with Crippen molar-refractivity contribution in [3.8, 4) is 5.69 Å². The zero-order valence-electron chi connectivity index (χ0n) is 13.2. The Hall–Kier alpha value is -2.69. The number of rotatable bonds is 1. The Kier molecular flexibility index (Phi) is 2.82. The lowest BCUT2D eigenvalue weighted by atomic mass is 9.75. The van der Waals surface area contributed by atoms with Crippen LogP contribution in [-0.4, -0.2) is 20.5 Å². The van der Waals surface area contributed by atoms with Crippen molar-refractivity contribution in [2.45, 2.75) is 26.7 Å². The van der Waals surface area contributed by atoms with E-state index in [0.29, 0.717) is 23.3 Å². The van der Waals surface area contributed by atoms with E-state index >= 15 is 0 Å². The van der Waals surface area contributed by atoms with Gasteiger partial charge in [-0.1, -0.05) is 32.0 Å². The first-order chi connectivity index (χ1) is 11.0. The number of carbonyl (C=O) groups is 1. The fourth-order valence-electron chi connectivity index (χ4n) is 3.35. The number of nitrogens with two attached hydrogens (primary N) is 1. The number of hydrogen-bond acceptors (Lipinski definition) is 4. The first-order valence-electron chi connectivity index (χ1n) is 7.71. The topological polar surface area (TPSA) is 73.8 Å². The van der Waals surface area contributed by atoms with Gasteiger partial charge in [0, 0.05) is 6.42 Å². The molecule has 0 fully saturated rings. The Morgan fingerprint density at radius 1 is 1.17 bits per heavy atom. The van der Waals surface area contributed by atoms with E-state index in [9.17, 15) is 4.79 Å². The fraction of sp³-hybridized carbons (Fsp3) is 0.278. The Balaban J connectivity index is 1.99. The van der Waals surface area contributed by atoms with Crippen LogP contribution in [0, 0.1) is 5.41 Å². The van der Waals surface area contributed by atoms with E-state index < -0.39 is 0 Å². The van der Waals surface area contributed by atoms with Gasteiger partial charge in [0.15, 0.2) is 11.4 Å². The number of aromatic nitrogens is 3. The molecule has 0 saturated heterocycles. The van der Waals surface area contributed by atoms with E-state index in [-0.39, 0.29) is 11.2 Å². The predicted molar refractivity (Wildman–Crippen MR) is 89.7 cm³/mol. The molecule has 0 unspecified atom stereocenters. The number of nitrogen functional groups attached to an aromatic ring is 1. The highest BCUT2D eigenvalue weighted by Gasteiger charge is 2.34. The number of ketones is 1. The molecule has 0 atom stereocenters. The lowest BCUT2D eigenvalue weighted by Crippen LogP contribution is -2.29. The van der Waals surface area contributed by atoms with Crippen LogP contribution in [0.2, 0.25) is 0 Å². The van der Waals surface area contributed by atoms with Crippen LogP contribution in [0.25, 0.3) is 16.7 Å². The highest BCUT2D eigenvalue weighted by atomic mass is 16.1. The minimum absolute atomic E-state index is 0.0793. The number of anilines is 1. The molecule has 5 nitrogen and oxygen atoms in total. The van der Waals surface area contributed by atoms with Gasteiger partial charge in [0.2, 0.25) is 0 Å². The van der Waals surface area contributed by atoms with E-state index in [2.05, 4.69) is 18.9 Å². The summed E-state index contributed by atoms with van der Waals surface area (Å²) in [5.74, 6) is 0.0793. The molecule has 4 rings (SSSR count). The maximum absolute atomic E-state index is 12.5. The van der Waals surface area contributed by atoms with Gasteiger partial charge < -0.3 is 5.73 Å². The van der Waals surface area contributed by atoms with E-state index in [0.717, 1.165) is 23.2 Å². The first-order valence-corrected chi connectivity index (χ1v) is 7.71. The molecule has 0 amide bonds. The van der Waals surface area contributed by atoms with Crippen molar-refractivity contribution >= 4 is 22.5 Å². The molecule has 1 aliphatic rings. The second-order valence-corrected chi connectivity index (χ2v) is 6.92. The average molecular weight is 306 g/mol. The molecule has 0 radical (unpaired) electrons. The van der Waals surface area contributed by atoms with Crippen LogP contribution in [-0.2, 0) is 6.42 Å². The second-order valence-electron chi connectivity index (χ2n) is 6.92. The van der Waals surface area contributed by atoms with Crippen LogP contribution in [0.15, 0.2) is 36.5 Å². The van der Waals surface area contributed by atoms with Gasteiger partial charge >= 0.3 is 0 Å². The highest BCUT2D eigenvalue weighted by molar-refractivity contribution is 6.09. The van der Waals surface area contributed by atoms with Crippen LogP contribution >= 0.6 is 0 Å². The number of fused-ring (bicyclic) bond motifs is 2. The smallest absolute Gasteiger partial charge is 0.167 e. The van der Waals surface area contributed by atoms with Crippen molar-refractivity contribution in [1.29, 1.82) is 0 Å². The zero-order valence-corrected chi connectivity index (χ0v) is 13.2. The molecule has 0 spiro atoms. The van der Waals surface area contributed by atoms with E-state index in [1.807, 2.05) is 30.3 Å². The van der Waals surface area contributed by atoms with Gasteiger partial charge in [-0.2, -0.15) is 5.10 Å². The molecule has 2 aromatic heterocycles. The van der Waals surface area contributed by atoms with E-state index in [4.69, 9.17) is 10.7 Å². The minimum atomic E-state index is -0.0885. The number of para-hydroxylation sites is 1. The normalized spacial score (nSPS) is 16.5. The van der Waals surface area contributed by atoms with Gasteiger partial charge in [-0.25, -0.2) is 9.67 Å². The second kappa shape index (κ2) is 4.65. The first kappa shape index (κ1) is 13.9. The number of pyridine rings is 1. The summed E-state index contributed by atoms with van der Waals surface area (Å²) in [6, 6.07) is 9.81. The number of Topliss-reactive ketones (excluding diaryl/α,β-unsaturated/α-hetero) is 1. The minimum Gasteiger partial charge on any atom is -0.397 e. The molecular weight excluding hydrogens is 288 g/mol. The number of carbonyl (C=O) groups excluding carboxylic acids is 1. The van der Waals surface area contributed by atoms with Gasteiger partial charge in [0.1, 0.15) is 0 Å². The van der Waals surface area contributed by atoms with E-state index in [1.165, 1.54) is 0 Å². The van der Waals surface area contributed by atoms with Gasteiger partial charge in [-0.15, -0.1) is 0 Å². The third-order valence-corrected chi connectivity index (χ3v) is 4.40. The third-order valence-electron chi connectivity index (χ3n) is 4.40. The summed E-state index contributed by atoms with van der Waals surface area (Å²) < 4.78 is 1.78. The van der Waals surface area contributed by atoms with Gasteiger partial charge in [-0.05, 0) is 24.0 Å². The molecule has 2 N–H and O–H groups in total. The molecule has 0 aliphatic heterocycles. The maximum atomic E-state index is 12.5. The van der Waals surface area contributed by atoms with Crippen molar-refractivity contribution in [3.63, 3.8) is 0 Å². The van der Waals surface area contributed by atoms with Crippen LogP contribution < -0.4 is 5.73 Å². The van der Waals surface area contributed by atoms with Crippen molar-refractivity contribution in [3.05, 3.63) is 47.8 Å². The lowest BCUT2D eigenvalue weighted by molar-refractivity contribution is 0.0912. The average Bonchev–Trinajstić information content (AvgIpc) is 2.90. The molecule has 2 heterocycles. The fourth-order valence-corrected chi connectivity index (χ4v) is 3.35. The monoisotopic (exact) mass is 306 g/mol. The van der Waals surface area contributed by atoms with E-state index in [1.54, 1.807) is 10.9 Å². The summed E-state index contributed by atoms with van der Waals surface area (Å²) in [4.78, 5) is 17.3. The largest absolute Gasteiger partial charge is 0.397 e. The van der Waals surface area contributed by atoms with Crippen molar-refractivity contribution < 1.29 is 4.79 Å². The van der Waals surface area contributed by atoms with Crippen molar-refractivity contribution in [1.82, 2.24) is 14.8 Å². The molecule has 1 aromatic carbocycles. The molecule has 1 aliphatic carbocycles. The predicted octanol–water partition coefficient (Wildman–Crippen LogP) is 3.16. The maximum Gasteiger partial charge on any atom is 0.167 e. The SMILES string of the molecule is CC1(C)CC(=O)c2c(nc3c(cnn3-c3ccccc3)c2N)C1. The Morgan fingerprint density at radius 3 is 2.65 bits per heavy atom. The quantitative estimate of drug-likeness (QED) is 0.749. The zero-order chi connectivity index (χ0) is 16.2. The summed E-state index contributed by atoms with van der Waals surface area (Å²) in [5, 5.41) is 5.16. The van der Waals surface area contributed by atoms with Crippen LogP contribution in [0.3, 0.4) is 0 Å². The summed E-state index contributed by atoms with van der Waals surface area (Å²) in [5.41, 5.74) is 9.72. The van der Waals surface area contributed by atoms with Gasteiger partial charge in [0.25, 0.3) is 0 Å².